The van der Waals surface area contributed by atoms with Crippen molar-refractivity contribution in [1.82, 2.24) is 4.98 Å². The Morgan fingerprint density at radius 2 is 1.88 bits per heavy atom. The number of hydrogen-bond donors (Lipinski definition) is 2. The molecule has 1 heterocycles. The van der Waals surface area contributed by atoms with Crippen LogP contribution in [-0.2, 0) is 20.9 Å². The number of carbonyl (C=O) groups is 1. The summed E-state index contributed by atoms with van der Waals surface area (Å²) in [6.45, 7) is 3.51. The monoisotopic (exact) mass is 361 g/mol. The molecule has 2 N–H and O–H groups in total. The Morgan fingerprint density at radius 1 is 1.20 bits per heavy atom. The molecule has 6 heteroatoms. The lowest BCUT2D eigenvalue weighted by atomic mass is 9.75. The fourth-order valence-electron chi connectivity index (χ4n) is 3.61. The first-order chi connectivity index (χ1) is 11.9. The largest absolute Gasteiger partial charge is 0.481 e. The summed E-state index contributed by atoms with van der Waals surface area (Å²) in [5, 5.41) is 10.0. The molecule has 25 heavy (non-hydrogen) atoms. The van der Waals surface area contributed by atoms with Crippen LogP contribution in [0.2, 0.25) is 0 Å². The zero-order valence-corrected chi connectivity index (χ0v) is 15.4. The fourth-order valence-corrected chi connectivity index (χ4v) is 6.27. The van der Waals surface area contributed by atoms with Gasteiger partial charge >= 0.3 is 5.97 Å². The Kier molecular flexibility index (Phi) is 6.15. The van der Waals surface area contributed by atoms with Crippen molar-refractivity contribution in [2.45, 2.75) is 43.9 Å². The van der Waals surface area contributed by atoms with Gasteiger partial charge in [0, 0.05) is 18.6 Å². The molecule has 0 aliphatic rings. The van der Waals surface area contributed by atoms with Gasteiger partial charge in [0.25, 0.3) is 0 Å². The summed E-state index contributed by atoms with van der Waals surface area (Å²) >= 11 is 0. The lowest BCUT2D eigenvalue weighted by Crippen LogP contribution is -2.46. The van der Waals surface area contributed by atoms with Crippen molar-refractivity contribution in [2.24, 2.45) is 0 Å². The molecule has 5 nitrogen and oxygen atoms in total. The molecule has 0 amide bonds. The third kappa shape index (κ3) is 3.83. The molecule has 0 saturated heterocycles. The highest BCUT2D eigenvalue weighted by Crippen LogP contribution is 2.58. The van der Waals surface area contributed by atoms with Gasteiger partial charge in [0.2, 0.25) is 7.37 Å². The Hall–Kier alpha value is -1.97. The molecule has 1 aromatic heterocycles. The molecule has 134 valence electrons. The maximum Gasteiger partial charge on any atom is 0.315 e. The van der Waals surface area contributed by atoms with E-state index in [0.717, 1.165) is 5.56 Å². The maximum atomic E-state index is 13.3. The van der Waals surface area contributed by atoms with E-state index in [0.29, 0.717) is 5.56 Å². The molecule has 0 aliphatic carbocycles. The Balaban J connectivity index is 2.53. The van der Waals surface area contributed by atoms with E-state index in [-0.39, 0.29) is 19.0 Å². The second-order valence-corrected chi connectivity index (χ2v) is 8.65. The third-order valence-electron chi connectivity index (χ3n) is 4.81. The van der Waals surface area contributed by atoms with E-state index >= 15 is 0 Å². The average molecular weight is 361 g/mol. The van der Waals surface area contributed by atoms with Crippen LogP contribution in [0.3, 0.4) is 0 Å². The van der Waals surface area contributed by atoms with E-state index < -0.39 is 24.4 Å². The van der Waals surface area contributed by atoms with Crippen LogP contribution < -0.4 is 0 Å². The maximum absolute atomic E-state index is 13.3. The number of benzene rings is 1. The van der Waals surface area contributed by atoms with Gasteiger partial charge in [-0.05, 0) is 30.0 Å². The van der Waals surface area contributed by atoms with E-state index in [1.54, 1.807) is 44.3 Å². The van der Waals surface area contributed by atoms with Crippen LogP contribution in [0.15, 0.2) is 54.9 Å². The van der Waals surface area contributed by atoms with Gasteiger partial charge in [-0.3, -0.25) is 14.3 Å². The predicted octanol–water partition coefficient (Wildman–Crippen LogP) is 4.06. The Labute approximate surface area is 148 Å². The molecule has 3 atom stereocenters. The van der Waals surface area contributed by atoms with Gasteiger partial charge in [-0.15, -0.1) is 0 Å². The fraction of sp³-hybridized carbons (Fsp3) is 0.368. The van der Waals surface area contributed by atoms with E-state index in [1.807, 2.05) is 18.2 Å². The number of carboxylic acids is 1. The van der Waals surface area contributed by atoms with Crippen molar-refractivity contribution in [2.75, 3.05) is 0 Å². The van der Waals surface area contributed by atoms with Gasteiger partial charge < -0.3 is 10.00 Å². The van der Waals surface area contributed by atoms with Gasteiger partial charge in [-0.25, -0.2) is 0 Å². The summed E-state index contributed by atoms with van der Waals surface area (Å²) in [4.78, 5) is 27.2. The number of aliphatic carboxylic acids is 1. The molecule has 0 radical (unpaired) electrons. The topological polar surface area (TPSA) is 87.5 Å². The molecule has 3 unspecified atom stereocenters. The molecular formula is C19H24NO4P. The summed E-state index contributed by atoms with van der Waals surface area (Å²) in [6, 6.07) is 12.4. The number of carboxylic acid groups (broad SMARTS) is 1. The van der Waals surface area contributed by atoms with Gasteiger partial charge in [0.1, 0.15) is 5.41 Å². The van der Waals surface area contributed by atoms with E-state index in [2.05, 4.69) is 4.98 Å². The molecule has 0 aliphatic heterocycles. The second kappa shape index (κ2) is 7.94. The SMILES string of the molecule is CCC(C(CC)(C(=O)O)c1cccnc1)P(=O)(O)Cc1ccccc1. The highest BCUT2D eigenvalue weighted by Gasteiger charge is 2.52. The molecule has 0 bridgehead atoms. The lowest BCUT2D eigenvalue weighted by Gasteiger charge is -2.38. The van der Waals surface area contributed by atoms with Crippen LogP contribution in [0.4, 0.5) is 0 Å². The van der Waals surface area contributed by atoms with Gasteiger partial charge in [0.05, 0.1) is 5.66 Å². The first-order valence-electron chi connectivity index (χ1n) is 8.37. The normalized spacial score (nSPS) is 17.2. The second-order valence-electron chi connectivity index (χ2n) is 6.20. The predicted molar refractivity (Wildman–Crippen MR) is 97.9 cm³/mol. The minimum Gasteiger partial charge on any atom is -0.481 e. The summed E-state index contributed by atoms with van der Waals surface area (Å²) in [6.07, 6.45) is 3.52. The minimum atomic E-state index is -3.79. The van der Waals surface area contributed by atoms with Crippen LogP contribution >= 0.6 is 7.37 Å². The molecule has 2 aromatic rings. The van der Waals surface area contributed by atoms with E-state index in [9.17, 15) is 19.4 Å². The van der Waals surface area contributed by atoms with Gasteiger partial charge in [-0.1, -0.05) is 50.2 Å². The van der Waals surface area contributed by atoms with Crippen LogP contribution in [0.25, 0.3) is 0 Å². The van der Waals surface area contributed by atoms with Gasteiger partial charge in [-0.2, -0.15) is 0 Å². The first-order valence-corrected chi connectivity index (χ1v) is 10.3. The summed E-state index contributed by atoms with van der Waals surface area (Å²) in [5.74, 6) is -1.09. The van der Waals surface area contributed by atoms with E-state index in [4.69, 9.17) is 0 Å². The number of pyridine rings is 1. The van der Waals surface area contributed by atoms with Crippen molar-refractivity contribution >= 4 is 13.3 Å². The number of hydrogen-bond acceptors (Lipinski definition) is 3. The summed E-state index contributed by atoms with van der Waals surface area (Å²) in [7, 11) is -3.79. The van der Waals surface area contributed by atoms with Crippen molar-refractivity contribution in [1.29, 1.82) is 0 Å². The molecule has 0 spiro atoms. The Bertz CT molecular complexity index is 751. The van der Waals surface area contributed by atoms with Crippen LogP contribution in [-0.4, -0.2) is 26.6 Å². The first kappa shape index (κ1) is 19.4. The van der Waals surface area contributed by atoms with Gasteiger partial charge in [0.15, 0.2) is 0 Å². The van der Waals surface area contributed by atoms with E-state index in [1.165, 1.54) is 6.20 Å². The standard InChI is InChI=1S/C19H24NO4P/c1-3-17(25(23,24)14-15-9-6-5-7-10-15)19(4-2,18(21)22)16-11-8-12-20-13-16/h5-13,17H,3-4,14H2,1-2H3,(H,21,22)(H,23,24). The minimum absolute atomic E-state index is 0.0400. The lowest BCUT2D eigenvalue weighted by molar-refractivity contribution is -0.144. The molecule has 1 aromatic carbocycles. The number of aromatic nitrogens is 1. The highest BCUT2D eigenvalue weighted by molar-refractivity contribution is 7.58. The van der Waals surface area contributed by atoms with Crippen molar-refractivity contribution < 1.29 is 19.4 Å². The third-order valence-corrected chi connectivity index (χ3v) is 7.41. The quantitative estimate of drug-likeness (QED) is 0.692. The molecule has 0 saturated carbocycles. The average Bonchev–Trinajstić information content (AvgIpc) is 2.60. The van der Waals surface area contributed by atoms with Crippen molar-refractivity contribution in [3.05, 3.63) is 66.0 Å². The summed E-state index contributed by atoms with van der Waals surface area (Å²) in [5.41, 5.74) is -1.14. The van der Waals surface area contributed by atoms with Crippen molar-refractivity contribution in [3.63, 3.8) is 0 Å². The Morgan fingerprint density at radius 3 is 2.36 bits per heavy atom. The zero-order valence-electron chi connectivity index (χ0n) is 14.5. The smallest absolute Gasteiger partial charge is 0.315 e. The number of nitrogens with zero attached hydrogens (tertiary/aromatic N) is 1. The number of rotatable bonds is 8. The molecule has 2 rings (SSSR count). The zero-order chi connectivity index (χ0) is 18.5. The van der Waals surface area contributed by atoms with Crippen LogP contribution in [0.1, 0.15) is 37.8 Å². The van der Waals surface area contributed by atoms with Crippen molar-refractivity contribution in [3.8, 4) is 0 Å². The molecule has 0 fully saturated rings. The van der Waals surface area contributed by atoms with Crippen LogP contribution in [0.5, 0.6) is 0 Å². The van der Waals surface area contributed by atoms with Crippen LogP contribution in [0, 0.1) is 0 Å². The highest BCUT2D eigenvalue weighted by atomic mass is 31.2. The molecular weight excluding hydrogens is 337 g/mol. The summed E-state index contributed by atoms with van der Waals surface area (Å²) < 4.78 is 13.3.